The molecule has 0 saturated heterocycles. The number of ketones is 2. The van der Waals surface area contributed by atoms with E-state index in [0.29, 0.717) is 29.4 Å². The lowest BCUT2D eigenvalue weighted by atomic mass is 9.91. The first-order valence-electron chi connectivity index (χ1n) is 6.26. The number of fused-ring (bicyclic) bond motifs is 2. The number of hydrogen-bond acceptors (Lipinski definition) is 4. The van der Waals surface area contributed by atoms with E-state index in [-0.39, 0.29) is 23.0 Å². The zero-order valence-electron chi connectivity index (χ0n) is 10.8. The molecule has 0 saturated carbocycles. The lowest BCUT2D eigenvalue weighted by Crippen LogP contribution is -2.19. The van der Waals surface area contributed by atoms with Crippen molar-refractivity contribution in [2.75, 3.05) is 0 Å². The summed E-state index contributed by atoms with van der Waals surface area (Å²) in [6.45, 7) is 4.06. The summed E-state index contributed by atoms with van der Waals surface area (Å²) in [6, 6.07) is 6.77. The van der Waals surface area contributed by atoms with E-state index in [0.717, 1.165) is 0 Å². The van der Waals surface area contributed by atoms with Crippen LogP contribution >= 0.6 is 0 Å². The zero-order valence-corrected chi connectivity index (χ0v) is 10.8. The molecule has 0 spiro atoms. The summed E-state index contributed by atoms with van der Waals surface area (Å²) in [6.07, 6.45) is 0.615. The Morgan fingerprint density at radius 1 is 1.11 bits per heavy atom. The van der Waals surface area contributed by atoms with Crippen LogP contribution in [-0.2, 0) is 6.42 Å². The van der Waals surface area contributed by atoms with Gasteiger partial charge in [0.15, 0.2) is 11.6 Å². The number of oxazole rings is 1. The first kappa shape index (κ1) is 11.8. The lowest BCUT2D eigenvalue weighted by Gasteiger charge is -2.10. The maximum atomic E-state index is 12.3. The first-order valence-corrected chi connectivity index (χ1v) is 6.26. The molecule has 4 nitrogen and oxygen atoms in total. The second kappa shape index (κ2) is 4.16. The fourth-order valence-electron chi connectivity index (χ4n) is 2.24. The molecule has 4 heteroatoms. The van der Waals surface area contributed by atoms with Crippen LogP contribution in [0.1, 0.15) is 51.9 Å². The normalized spacial score (nSPS) is 13.6. The van der Waals surface area contributed by atoms with E-state index in [9.17, 15) is 9.59 Å². The summed E-state index contributed by atoms with van der Waals surface area (Å²) >= 11 is 0. The van der Waals surface area contributed by atoms with E-state index in [1.165, 1.54) is 0 Å². The summed E-state index contributed by atoms with van der Waals surface area (Å²) in [5.74, 6) is 0.401. The van der Waals surface area contributed by atoms with Gasteiger partial charge < -0.3 is 4.42 Å². The predicted molar refractivity (Wildman–Crippen MR) is 68.4 cm³/mol. The molecule has 0 atom stereocenters. The maximum absolute atomic E-state index is 12.3. The van der Waals surface area contributed by atoms with Crippen LogP contribution in [0.15, 0.2) is 28.7 Å². The highest BCUT2D eigenvalue weighted by atomic mass is 16.4. The van der Waals surface area contributed by atoms with Gasteiger partial charge >= 0.3 is 0 Å². The summed E-state index contributed by atoms with van der Waals surface area (Å²) in [4.78, 5) is 28.7. The Hall–Kier alpha value is -2.23. The van der Waals surface area contributed by atoms with Crippen molar-refractivity contribution in [1.82, 2.24) is 4.98 Å². The van der Waals surface area contributed by atoms with Gasteiger partial charge in [-0.05, 0) is 5.92 Å². The third-order valence-corrected chi connectivity index (χ3v) is 3.09. The monoisotopic (exact) mass is 255 g/mol. The van der Waals surface area contributed by atoms with Crippen LogP contribution in [0.2, 0.25) is 0 Å². The molecule has 0 aliphatic heterocycles. The number of carbonyl (C=O) groups excluding carboxylic acids is 2. The highest BCUT2D eigenvalue weighted by molar-refractivity contribution is 6.26. The van der Waals surface area contributed by atoms with Crippen molar-refractivity contribution >= 4 is 11.6 Å². The molecule has 0 unspecified atom stereocenters. The van der Waals surface area contributed by atoms with Crippen LogP contribution in [0, 0.1) is 5.92 Å². The Kier molecular flexibility index (Phi) is 2.59. The predicted octanol–water partition coefficient (Wildman–Crippen LogP) is 2.65. The van der Waals surface area contributed by atoms with E-state index in [1.54, 1.807) is 24.3 Å². The van der Waals surface area contributed by atoms with E-state index in [4.69, 9.17) is 4.42 Å². The second-order valence-electron chi connectivity index (χ2n) is 5.09. The molecule has 0 amide bonds. The molecule has 1 heterocycles. The molecule has 1 aliphatic rings. The Morgan fingerprint density at radius 2 is 1.74 bits per heavy atom. The molecular weight excluding hydrogens is 242 g/mol. The molecule has 1 aliphatic carbocycles. The van der Waals surface area contributed by atoms with E-state index >= 15 is 0 Å². The number of benzene rings is 1. The first-order chi connectivity index (χ1) is 9.08. The highest BCUT2D eigenvalue weighted by Crippen LogP contribution is 2.27. The third-order valence-electron chi connectivity index (χ3n) is 3.09. The van der Waals surface area contributed by atoms with Gasteiger partial charge in [-0.1, -0.05) is 38.1 Å². The molecule has 0 bridgehead atoms. The van der Waals surface area contributed by atoms with Gasteiger partial charge in [-0.25, -0.2) is 4.98 Å². The fraction of sp³-hybridized carbons (Fsp3) is 0.267. The molecule has 0 fully saturated rings. The zero-order chi connectivity index (χ0) is 13.6. The van der Waals surface area contributed by atoms with E-state index < -0.39 is 0 Å². The van der Waals surface area contributed by atoms with Crippen molar-refractivity contribution in [2.45, 2.75) is 20.3 Å². The minimum absolute atomic E-state index is 0.0827. The molecule has 1 aromatic carbocycles. The van der Waals surface area contributed by atoms with Crippen LogP contribution < -0.4 is 0 Å². The van der Waals surface area contributed by atoms with Crippen molar-refractivity contribution in [3.63, 3.8) is 0 Å². The smallest absolute Gasteiger partial charge is 0.231 e. The van der Waals surface area contributed by atoms with Crippen LogP contribution in [0.3, 0.4) is 0 Å². The van der Waals surface area contributed by atoms with Crippen molar-refractivity contribution < 1.29 is 14.0 Å². The number of rotatable bonds is 2. The quantitative estimate of drug-likeness (QED) is 0.706. The third kappa shape index (κ3) is 1.80. The standard InChI is InChI=1S/C15H13NO3/c1-8(2)7-11-16-12-13(17)9-5-3-4-6-10(9)14(18)15(12)19-11/h3-6,8H,7H2,1-2H3. The average molecular weight is 255 g/mol. The van der Waals surface area contributed by atoms with Gasteiger partial charge in [0.05, 0.1) is 0 Å². The summed E-state index contributed by atoms with van der Waals surface area (Å²) in [5.41, 5.74) is 0.955. The second-order valence-corrected chi connectivity index (χ2v) is 5.09. The number of hydrogen-bond donors (Lipinski definition) is 0. The molecule has 3 rings (SSSR count). The summed E-state index contributed by atoms with van der Waals surface area (Å²) in [5, 5.41) is 0. The molecule has 1 aromatic heterocycles. The molecule has 2 aromatic rings. The average Bonchev–Trinajstić information content (AvgIpc) is 2.79. The summed E-state index contributed by atoms with van der Waals surface area (Å²) in [7, 11) is 0. The van der Waals surface area contributed by atoms with Gasteiger partial charge in [0.1, 0.15) is 0 Å². The van der Waals surface area contributed by atoms with Gasteiger partial charge in [-0.15, -0.1) is 0 Å². The molecule has 0 radical (unpaired) electrons. The van der Waals surface area contributed by atoms with Crippen molar-refractivity contribution in [3.8, 4) is 0 Å². The van der Waals surface area contributed by atoms with Crippen LogP contribution in [0.5, 0.6) is 0 Å². The Morgan fingerprint density at radius 3 is 2.37 bits per heavy atom. The Labute approximate surface area is 110 Å². The van der Waals surface area contributed by atoms with Crippen LogP contribution in [-0.4, -0.2) is 16.6 Å². The summed E-state index contributed by atoms with van der Waals surface area (Å²) < 4.78 is 5.47. The minimum Gasteiger partial charge on any atom is -0.436 e. The van der Waals surface area contributed by atoms with Gasteiger partial charge in [-0.2, -0.15) is 0 Å². The molecule has 19 heavy (non-hydrogen) atoms. The van der Waals surface area contributed by atoms with Crippen LogP contribution in [0.4, 0.5) is 0 Å². The van der Waals surface area contributed by atoms with Crippen molar-refractivity contribution in [1.29, 1.82) is 0 Å². The van der Waals surface area contributed by atoms with Gasteiger partial charge in [0.25, 0.3) is 0 Å². The van der Waals surface area contributed by atoms with E-state index in [2.05, 4.69) is 4.98 Å². The Bertz CT molecular complexity index is 630. The van der Waals surface area contributed by atoms with Crippen molar-refractivity contribution in [2.24, 2.45) is 5.92 Å². The highest BCUT2D eigenvalue weighted by Gasteiger charge is 2.34. The van der Waals surface area contributed by atoms with Gasteiger partial charge in [-0.3, -0.25) is 9.59 Å². The molecule has 96 valence electrons. The van der Waals surface area contributed by atoms with E-state index in [1.807, 2.05) is 13.8 Å². The molecular formula is C15H13NO3. The lowest BCUT2D eigenvalue weighted by molar-refractivity contribution is 0.0958. The van der Waals surface area contributed by atoms with Gasteiger partial charge in [0, 0.05) is 17.5 Å². The van der Waals surface area contributed by atoms with Crippen LogP contribution in [0.25, 0.3) is 0 Å². The Balaban J connectivity index is 2.12. The molecule has 0 N–H and O–H groups in total. The largest absolute Gasteiger partial charge is 0.436 e. The number of aromatic nitrogens is 1. The fourth-order valence-corrected chi connectivity index (χ4v) is 2.24. The van der Waals surface area contributed by atoms with Gasteiger partial charge in [0.2, 0.25) is 17.3 Å². The van der Waals surface area contributed by atoms with Crippen molar-refractivity contribution in [3.05, 3.63) is 52.7 Å². The number of nitrogens with zero attached hydrogens (tertiary/aromatic N) is 1. The SMILES string of the molecule is CC(C)Cc1nc2c(o1)C(=O)c1ccccc1C2=O. The topological polar surface area (TPSA) is 60.2 Å². The maximum Gasteiger partial charge on any atom is 0.231 e. The number of carbonyl (C=O) groups is 2. The minimum atomic E-state index is -0.257.